The first-order chi connectivity index (χ1) is 14.6. The molecule has 0 aromatic rings. The summed E-state index contributed by atoms with van der Waals surface area (Å²) in [4.78, 5) is 70.8. The van der Waals surface area contributed by atoms with Gasteiger partial charge in [0.15, 0.2) is 6.04 Å². The van der Waals surface area contributed by atoms with Crippen LogP contribution in [0.4, 0.5) is 0 Å². The Hall–Kier alpha value is -3.26. The predicted octanol–water partition coefficient (Wildman–Crippen LogP) is -3.37. The van der Waals surface area contributed by atoms with Crippen molar-refractivity contribution < 1.29 is 44.1 Å². The van der Waals surface area contributed by atoms with Crippen LogP contribution in [-0.4, -0.2) is 81.2 Å². The Kier molecular flexibility index (Phi) is 11.9. The lowest BCUT2D eigenvalue weighted by Gasteiger charge is -2.25. The molecule has 0 saturated carbocycles. The van der Waals surface area contributed by atoms with Gasteiger partial charge in [0.25, 0.3) is 0 Å². The van der Waals surface area contributed by atoms with Gasteiger partial charge in [-0.05, 0) is 19.3 Å². The molecular weight excluding hydrogens is 430 g/mol. The van der Waals surface area contributed by atoms with Gasteiger partial charge < -0.3 is 42.7 Å². The standard InChI is InChI=1S/C18H31N5O9/c1-7(2)4-9(19)15(28)21-11(6-13(26)27)16(29)22-10(5-12(20)25)17(30)23-14(8(3)24)18(31)32/h7-11,14,24H,4-6,19H2,1-3H3,(H2,20,25)(H,21,28)(H,22,29)(H,23,30)(H,26,27)(H,31,32). The Labute approximate surface area is 184 Å². The number of rotatable bonds is 14. The quantitative estimate of drug-likeness (QED) is 0.127. The number of carboxylic acid groups (broad SMARTS) is 2. The second-order valence-electron chi connectivity index (χ2n) is 7.69. The van der Waals surface area contributed by atoms with Crippen LogP contribution in [-0.2, 0) is 28.8 Å². The van der Waals surface area contributed by atoms with E-state index in [0.29, 0.717) is 0 Å². The number of amides is 4. The van der Waals surface area contributed by atoms with E-state index in [0.717, 1.165) is 6.92 Å². The van der Waals surface area contributed by atoms with Crippen molar-refractivity contribution in [1.82, 2.24) is 16.0 Å². The van der Waals surface area contributed by atoms with Gasteiger partial charge in [0.05, 0.1) is 25.0 Å². The lowest BCUT2D eigenvalue weighted by atomic mass is 10.0. The average molecular weight is 461 g/mol. The highest BCUT2D eigenvalue weighted by atomic mass is 16.4. The molecule has 0 rings (SSSR count). The summed E-state index contributed by atoms with van der Waals surface area (Å²) in [6.07, 6.45) is -2.87. The van der Waals surface area contributed by atoms with Crippen LogP contribution in [0.15, 0.2) is 0 Å². The number of aliphatic hydroxyl groups excluding tert-OH is 1. The molecule has 10 N–H and O–H groups in total. The molecule has 14 nitrogen and oxygen atoms in total. The molecule has 0 aliphatic heterocycles. The van der Waals surface area contributed by atoms with Crippen molar-refractivity contribution in [1.29, 1.82) is 0 Å². The summed E-state index contributed by atoms with van der Waals surface area (Å²) in [5.74, 6) is -7.11. The Morgan fingerprint density at radius 1 is 0.812 bits per heavy atom. The highest BCUT2D eigenvalue weighted by Crippen LogP contribution is 2.05. The van der Waals surface area contributed by atoms with E-state index in [1.807, 2.05) is 5.32 Å². The van der Waals surface area contributed by atoms with E-state index in [2.05, 4.69) is 10.6 Å². The average Bonchev–Trinajstić information content (AvgIpc) is 2.62. The lowest BCUT2D eigenvalue weighted by molar-refractivity contribution is -0.145. The van der Waals surface area contributed by atoms with Crippen molar-refractivity contribution in [2.75, 3.05) is 0 Å². The van der Waals surface area contributed by atoms with E-state index in [9.17, 15) is 33.9 Å². The highest BCUT2D eigenvalue weighted by Gasteiger charge is 2.33. The van der Waals surface area contributed by atoms with Gasteiger partial charge in [-0.3, -0.25) is 24.0 Å². The molecule has 32 heavy (non-hydrogen) atoms. The molecule has 0 heterocycles. The molecule has 0 bridgehead atoms. The van der Waals surface area contributed by atoms with Gasteiger partial charge in [-0.15, -0.1) is 0 Å². The molecule has 0 radical (unpaired) electrons. The fourth-order valence-corrected chi connectivity index (χ4v) is 2.60. The van der Waals surface area contributed by atoms with Gasteiger partial charge in [0.2, 0.25) is 23.6 Å². The fraction of sp³-hybridized carbons (Fsp3) is 0.667. The number of carbonyl (C=O) groups excluding carboxylic acids is 4. The third-order valence-electron chi connectivity index (χ3n) is 4.16. The third-order valence-corrected chi connectivity index (χ3v) is 4.16. The summed E-state index contributed by atoms with van der Waals surface area (Å²) in [7, 11) is 0. The number of hydrogen-bond donors (Lipinski definition) is 8. The third kappa shape index (κ3) is 10.7. The van der Waals surface area contributed by atoms with Crippen molar-refractivity contribution in [2.24, 2.45) is 17.4 Å². The zero-order valence-electron chi connectivity index (χ0n) is 18.0. The summed E-state index contributed by atoms with van der Waals surface area (Å²) >= 11 is 0. The van der Waals surface area contributed by atoms with Gasteiger partial charge in [-0.2, -0.15) is 0 Å². The highest BCUT2D eigenvalue weighted by molar-refractivity contribution is 5.97. The molecule has 0 aromatic carbocycles. The first-order valence-electron chi connectivity index (χ1n) is 9.73. The van der Waals surface area contributed by atoms with E-state index in [-0.39, 0.29) is 12.3 Å². The Morgan fingerprint density at radius 2 is 1.28 bits per heavy atom. The summed E-state index contributed by atoms with van der Waals surface area (Å²) in [6, 6.07) is -6.11. The molecule has 5 unspecified atom stereocenters. The lowest BCUT2D eigenvalue weighted by Crippen LogP contribution is -2.59. The second-order valence-corrected chi connectivity index (χ2v) is 7.69. The molecule has 182 valence electrons. The molecule has 0 aliphatic carbocycles. The van der Waals surface area contributed by atoms with Crippen LogP contribution in [0, 0.1) is 5.92 Å². The Bertz CT molecular complexity index is 726. The number of hydrogen-bond acceptors (Lipinski definition) is 8. The smallest absolute Gasteiger partial charge is 0.328 e. The minimum absolute atomic E-state index is 0.0437. The maximum absolute atomic E-state index is 12.6. The van der Waals surface area contributed by atoms with Crippen molar-refractivity contribution >= 4 is 35.6 Å². The molecular formula is C18H31N5O9. The second kappa shape index (κ2) is 13.2. The first kappa shape index (κ1) is 28.7. The normalized spacial score (nSPS) is 15.6. The van der Waals surface area contributed by atoms with Crippen molar-refractivity contribution in [3.8, 4) is 0 Å². The largest absolute Gasteiger partial charge is 0.481 e. The molecule has 0 aliphatic rings. The monoisotopic (exact) mass is 461 g/mol. The number of nitrogens with two attached hydrogens (primary N) is 2. The van der Waals surface area contributed by atoms with Crippen LogP contribution in [0.25, 0.3) is 0 Å². The molecule has 4 amide bonds. The Balaban J connectivity index is 5.54. The van der Waals surface area contributed by atoms with Crippen molar-refractivity contribution in [3.05, 3.63) is 0 Å². The number of nitrogens with one attached hydrogen (secondary N) is 3. The molecule has 0 saturated heterocycles. The van der Waals surface area contributed by atoms with Gasteiger partial charge >= 0.3 is 11.9 Å². The van der Waals surface area contributed by atoms with Crippen molar-refractivity contribution in [3.63, 3.8) is 0 Å². The van der Waals surface area contributed by atoms with Gasteiger partial charge in [-0.25, -0.2) is 4.79 Å². The molecule has 0 spiro atoms. The molecule has 0 aromatic heterocycles. The topological polar surface area (TPSA) is 251 Å². The van der Waals surface area contributed by atoms with Crippen LogP contribution in [0.1, 0.15) is 40.0 Å². The molecule has 0 fully saturated rings. The van der Waals surface area contributed by atoms with Crippen LogP contribution >= 0.6 is 0 Å². The van der Waals surface area contributed by atoms with Gasteiger partial charge in [0, 0.05) is 0 Å². The fourth-order valence-electron chi connectivity index (χ4n) is 2.60. The van der Waals surface area contributed by atoms with Gasteiger partial charge in [-0.1, -0.05) is 13.8 Å². The first-order valence-corrected chi connectivity index (χ1v) is 9.73. The minimum atomic E-state index is -1.75. The SMILES string of the molecule is CC(C)CC(N)C(=O)NC(CC(=O)O)C(=O)NC(CC(N)=O)C(=O)NC(C(=O)O)C(C)O. The van der Waals surface area contributed by atoms with Crippen LogP contribution in [0.3, 0.4) is 0 Å². The number of aliphatic carboxylic acids is 2. The number of aliphatic hydroxyl groups is 1. The number of carboxylic acids is 2. The van der Waals surface area contributed by atoms with Crippen LogP contribution in [0.5, 0.6) is 0 Å². The maximum atomic E-state index is 12.6. The van der Waals surface area contributed by atoms with E-state index in [4.69, 9.17) is 21.7 Å². The van der Waals surface area contributed by atoms with E-state index >= 15 is 0 Å². The zero-order chi connectivity index (χ0) is 25.2. The molecule has 5 atom stereocenters. The van der Waals surface area contributed by atoms with Crippen molar-refractivity contribution in [2.45, 2.75) is 70.3 Å². The van der Waals surface area contributed by atoms with Gasteiger partial charge in [0.1, 0.15) is 12.1 Å². The molecule has 14 heteroatoms. The summed E-state index contributed by atoms with van der Waals surface area (Å²) in [5.41, 5.74) is 10.8. The van der Waals surface area contributed by atoms with E-state index in [1.165, 1.54) is 0 Å². The Morgan fingerprint density at radius 3 is 1.69 bits per heavy atom. The van der Waals surface area contributed by atoms with Crippen LogP contribution < -0.4 is 27.4 Å². The minimum Gasteiger partial charge on any atom is -0.481 e. The maximum Gasteiger partial charge on any atom is 0.328 e. The number of carbonyl (C=O) groups is 6. The van der Waals surface area contributed by atoms with Crippen LogP contribution in [0.2, 0.25) is 0 Å². The van der Waals surface area contributed by atoms with E-state index in [1.54, 1.807) is 13.8 Å². The zero-order valence-corrected chi connectivity index (χ0v) is 18.0. The summed E-state index contributed by atoms with van der Waals surface area (Å²) in [6.45, 7) is 4.71. The predicted molar refractivity (Wildman–Crippen MR) is 109 cm³/mol. The van der Waals surface area contributed by atoms with E-state index < -0.39 is 78.7 Å². The summed E-state index contributed by atoms with van der Waals surface area (Å²) in [5, 5.41) is 33.8. The summed E-state index contributed by atoms with van der Waals surface area (Å²) < 4.78 is 0. The number of primary amides is 1.